The maximum atomic E-state index is 16.3. The Morgan fingerprint density at radius 3 is 2.39 bits per heavy atom. The predicted molar refractivity (Wildman–Crippen MR) is 117 cm³/mol. The Hall–Kier alpha value is -2.36. The summed E-state index contributed by atoms with van der Waals surface area (Å²) in [5.41, 5.74) is -0.432. The lowest BCUT2D eigenvalue weighted by atomic mass is 9.73. The average molecular weight is 429 g/mol. The number of allylic oxidation sites excluding steroid dienone is 4. The molecule has 2 aromatic carbocycles. The van der Waals surface area contributed by atoms with E-state index in [9.17, 15) is 13.2 Å². The Morgan fingerprint density at radius 2 is 1.65 bits per heavy atom. The molecule has 0 radical (unpaired) electrons. The van der Waals surface area contributed by atoms with Crippen molar-refractivity contribution in [3.63, 3.8) is 0 Å². The summed E-state index contributed by atoms with van der Waals surface area (Å²) in [6.07, 6.45) is 12.5. The third-order valence-electron chi connectivity index (χ3n) is 6.84. The van der Waals surface area contributed by atoms with Gasteiger partial charge in [0.2, 0.25) is 0 Å². The van der Waals surface area contributed by atoms with Crippen molar-refractivity contribution in [2.75, 3.05) is 0 Å². The molecular formula is C27H28F4. The molecule has 4 heteroatoms. The molecule has 0 saturated heterocycles. The topological polar surface area (TPSA) is 0 Å². The van der Waals surface area contributed by atoms with Crippen molar-refractivity contribution in [1.82, 2.24) is 0 Å². The van der Waals surface area contributed by atoms with Crippen LogP contribution in [0.1, 0.15) is 57.4 Å². The van der Waals surface area contributed by atoms with Crippen LogP contribution in [0.3, 0.4) is 0 Å². The van der Waals surface area contributed by atoms with E-state index < -0.39 is 23.1 Å². The molecular weight excluding hydrogens is 400 g/mol. The second kappa shape index (κ2) is 9.02. The van der Waals surface area contributed by atoms with Gasteiger partial charge in [-0.2, -0.15) is 0 Å². The Morgan fingerprint density at radius 1 is 0.903 bits per heavy atom. The minimum Gasteiger partial charge on any atom is -0.234 e. The van der Waals surface area contributed by atoms with E-state index in [4.69, 9.17) is 0 Å². The van der Waals surface area contributed by atoms with E-state index in [0.29, 0.717) is 5.92 Å². The molecule has 1 unspecified atom stereocenters. The van der Waals surface area contributed by atoms with Crippen LogP contribution < -0.4 is 0 Å². The maximum Gasteiger partial charge on any atom is 0.195 e. The lowest BCUT2D eigenvalue weighted by Gasteiger charge is -2.33. The highest BCUT2D eigenvalue weighted by Gasteiger charge is 2.35. The molecule has 2 aliphatic carbocycles. The number of halogens is 4. The molecule has 0 aromatic heterocycles. The molecule has 1 atom stereocenters. The molecule has 1 fully saturated rings. The molecule has 4 rings (SSSR count). The van der Waals surface area contributed by atoms with Crippen LogP contribution in [0.15, 0.2) is 60.2 Å². The van der Waals surface area contributed by atoms with Gasteiger partial charge in [-0.25, -0.2) is 17.6 Å². The van der Waals surface area contributed by atoms with Crippen LogP contribution in [0.25, 0.3) is 11.1 Å². The number of hydrogen-bond acceptors (Lipinski definition) is 0. The first-order chi connectivity index (χ1) is 14.9. The van der Waals surface area contributed by atoms with E-state index in [0.717, 1.165) is 30.4 Å². The van der Waals surface area contributed by atoms with E-state index in [1.165, 1.54) is 31.7 Å². The van der Waals surface area contributed by atoms with Gasteiger partial charge in [0.1, 0.15) is 0 Å². The van der Waals surface area contributed by atoms with Gasteiger partial charge in [0.15, 0.2) is 23.1 Å². The van der Waals surface area contributed by atoms with Crippen LogP contribution >= 0.6 is 0 Å². The second-order valence-electron chi connectivity index (χ2n) is 8.89. The van der Waals surface area contributed by atoms with Crippen molar-refractivity contribution in [1.29, 1.82) is 0 Å². The lowest BCUT2D eigenvalue weighted by molar-refractivity contribution is 0.228. The molecule has 31 heavy (non-hydrogen) atoms. The second-order valence-corrected chi connectivity index (χ2v) is 8.89. The number of hydrogen-bond donors (Lipinski definition) is 0. The summed E-state index contributed by atoms with van der Waals surface area (Å²) in [5.74, 6) is -2.99. The predicted octanol–water partition coefficient (Wildman–Crippen LogP) is 8.43. The molecule has 0 amide bonds. The van der Waals surface area contributed by atoms with Gasteiger partial charge in [0.05, 0.1) is 0 Å². The van der Waals surface area contributed by atoms with Crippen molar-refractivity contribution in [2.45, 2.75) is 57.5 Å². The first-order valence-corrected chi connectivity index (χ1v) is 11.2. The van der Waals surface area contributed by atoms with Crippen LogP contribution in [-0.4, -0.2) is 0 Å². The van der Waals surface area contributed by atoms with Crippen LogP contribution in [0.5, 0.6) is 0 Å². The van der Waals surface area contributed by atoms with E-state index in [-0.39, 0.29) is 23.1 Å². The van der Waals surface area contributed by atoms with Gasteiger partial charge in [-0.05, 0) is 66.9 Å². The zero-order valence-corrected chi connectivity index (χ0v) is 17.8. The lowest BCUT2D eigenvalue weighted by Crippen LogP contribution is -2.23. The summed E-state index contributed by atoms with van der Waals surface area (Å²) in [6.45, 7) is 2.21. The van der Waals surface area contributed by atoms with E-state index in [1.807, 2.05) is 12.2 Å². The Labute approximate surface area is 181 Å². The zero-order valence-electron chi connectivity index (χ0n) is 17.8. The van der Waals surface area contributed by atoms with Crippen LogP contribution in [-0.2, 0) is 5.67 Å². The van der Waals surface area contributed by atoms with Gasteiger partial charge in [-0.3, -0.25) is 0 Å². The normalized spacial score (nSPS) is 26.0. The molecule has 1 saturated carbocycles. The minimum absolute atomic E-state index is 0.129. The third-order valence-corrected chi connectivity index (χ3v) is 6.84. The molecule has 0 spiro atoms. The standard InChI is InChI=1S/C27H28F4/c1-2-6-18-10-12-19(13-11-18)20-7-5-16-27(31,17-20)23-9-4-3-8-21(23)22-14-15-24(28)26(30)25(22)29/h3-5,7-9,14-15,17-19H,2,6,10-13,16H2,1H3. The van der Waals surface area contributed by atoms with Crippen molar-refractivity contribution in [3.8, 4) is 11.1 Å². The third kappa shape index (κ3) is 4.35. The molecule has 0 aliphatic heterocycles. The molecule has 164 valence electrons. The van der Waals surface area contributed by atoms with E-state index in [2.05, 4.69) is 6.92 Å². The molecule has 0 bridgehead atoms. The fourth-order valence-electron chi connectivity index (χ4n) is 5.19. The quantitative estimate of drug-likeness (QED) is 0.331. The van der Waals surface area contributed by atoms with Gasteiger partial charge in [-0.15, -0.1) is 0 Å². The summed E-state index contributed by atoms with van der Waals surface area (Å²) in [6, 6.07) is 8.58. The number of alkyl halides is 1. The fraction of sp³-hybridized carbons (Fsp3) is 0.407. The monoisotopic (exact) mass is 428 g/mol. The van der Waals surface area contributed by atoms with Crippen LogP contribution in [0, 0.1) is 29.3 Å². The molecule has 0 N–H and O–H groups in total. The van der Waals surface area contributed by atoms with Gasteiger partial charge in [-0.1, -0.05) is 56.2 Å². The van der Waals surface area contributed by atoms with Gasteiger partial charge >= 0.3 is 0 Å². The van der Waals surface area contributed by atoms with Gasteiger partial charge in [0, 0.05) is 17.5 Å². The molecule has 0 nitrogen and oxygen atoms in total. The molecule has 2 aromatic rings. The summed E-state index contributed by atoms with van der Waals surface area (Å²) in [7, 11) is 0. The fourth-order valence-corrected chi connectivity index (χ4v) is 5.19. The largest absolute Gasteiger partial charge is 0.234 e. The highest BCUT2D eigenvalue weighted by Crippen LogP contribution is 2.45. The molecule has 2 aliphatic rings. The van der Waals surface area contributed by atoms with Gasteiger partial charge in [0.25, 0.3) is 0 Å². The minimum atomic E-state index is -1.82. The summed E-state index contributed by atoms with van der Waals surface area (Å²) >= 11 is 0. The molecule has 0 heterocycles. The summed E-state index contributed by atoms with van der Waals surface area (Å²) in [5, 5.41) is 0. The first kappa shape index (κ1) is 21.9. The maximum absolute atomic E-state index is 16.3. The van der Waals surface area contributed by atoms with Gasteiger partial charge < -0.3 is 0 Å². The van der Waals surface area contributed by atoms with E-state index >= 15 is 4.39 Å². The summed E-state index contributed by atoms with van der Waals surface area (Å²) in [4.78, 5) is 0. The SMILES string of the molecule is CCCC1CCC(C2=CC(F)(c3ccccc3-c3ccc(F)c(F)c3F)CC=C2)CC1. The summed E-state index contributed by atoms with van der Waals surface area (Å²) < 4.78 is 58.2. The van der Waals surface area contributed by atoms with E-state index in [1.54, 1.807) is 30.3 Å². The van der Waals surface area contributed by atoms with Crippen molar-refractivity contribution in [2.24, 2.45) is 11.8 Å². The van der Waals surface area contributed by atoms with Crippen LogP contribution in [0.2, 0.25) is 0 Å². The Bertz CT molecular complexity index is 998. The smallest absolute Gasteiger partial charge is 0.195 e. The van der Waals surface area contributed by atoms with Crippen molar-refractivity contribution >= 4 is 0 Å². The number of benzene rings is 2. The highest BCUT2D eigenvalue weighted by atomic mass is 19.2. The highest BCUT2D eigenvalue weighted by molar-refractivity contribution is 5.70. The Balaban J connectivity index is 1.67. The zero-order chi connectivity index (χ0) is 22.0. The van der Waals surface area contributed by atoms with Crippen molar-refractivity contribution < 1.29 is 17.6 Å². The van der Waals surface area contributed by atoms with Crippen LogP contribution in [0.4, 0.5) is 17.6 Å². The van der Waals surface area contributed by atoms with Crippen molar-refractivity contribution in [3.05, 3.63) is 83.2 Å². The number of rotatable bonds is 5. The Kier molecular flexibility index (Phi) is 6.36. The average Bonchev–Trinajstić information content (AvgIpc) is 2.78. The first-order valence-electron chi connectivity index (χ1n) is 11.2.